The first-order valence-electron chi connectivity index (χ1n) is 4.92. The first-order chi connectivity index (χ1) is 6.36. The van der Waals surface area contributed by atoms with Crippen molar-refractivity contribution in [3.63, 3.8) is 0 Å². The van der Waals surface area contributed by atoms with Crippen molar-refractivity contribution in [1.29, 1.82) is 0 Å². The quantitative estimate of drug-likeness (QED) is 0.536. The molecule has 1 aromatic heterocycles. The van der Waals surface area contributed by atoms with Crippen LogP contribution in [-0.4, -0.2) is 5.78 Å². The van der Waals surface area contributed by atoms with E-state index in [1.165, 1.54) is 0 Å². The van der Waals surface area contributed by atoms with Gasteiger partial charge in [0.25, 0.3) is 5.76 Å². The molecule has 0 N–H and O–H groups in total. The highest BCUT2D eigenvalue weighted by Crippen LogP contribution is 2.20. The zero-order valence-electron chi connectivity index (χ0n) is 9.55. The lowest BCUT2D eigenvalue weighted by molar-refractivity contribution is -0.865. The lowest BCUT2D eigenvalue weighted by Crippen LogP contribution is -2.32. The van der Waals surface area contributed by atoms with Crippen molar-refractivity contribution in [2.24, 2.45) is 5.41 Å². The Hall–Kier alpha value is -1.12. The van der Waals surface area contributed by atoms with Crippen molar-refractivity contribution >= 4 is 5.78 Å². The maximum Gasteiger partial charge on any atom is 0.253 e. The summed E-state index contributed by atoms with van der Waals surface area (Å²) in [6.45, 7) is 10.4. The van der Waals surface area contributed by atoms with E-state index in [0.717, 1.165) is 12.2 Å². The first kappa shape index (κ1) is 11.0. The molecule has 0 aliphatic heterocycles. The summed E-state index contributed by atoms with van der Waals surface area (Å²) in [5.74, 6) is 0.504. The Balaban J connectivity index is 3.03. The molecule has 0 aliphatic rings. The molecule has 3 heteroatoms. The molecule has 0 amide bonds. The molecule has 0 spiro atoms. The lowest BCUT2D eigenvalue weighted by atomic mass is 9.89. The molecule has 1 aromatic rings. The molecule has 14 heavy (non-hydrogen) atoms. The van der Waals surface area contributed by atoms with Gasteiger partial charge in [-0.25, -0.2) is 4.52 Å². The zero-order valence-corrected chi connectivity index (χ0v) is 9.55. The lowest BCUT2D eigenvalue weighted by Gasteiger charge is -2.12. The van der Waals surface area contributed by atoms with E-state index in [1.54, 1.807) is 10.8 Å². The molecular formula is C11H18NO2+. The maximum absolute atomic E-state index is 11.8. The minimum Gasteiger partial charge on any atom is -0.290 e. The van der Waals surface area contributed by atoms with E-state index in [4.69, 9.17) is 4.52 Å². The standard InChI is InChI=1S/C11H18NO2/c1-6-12-8(2)7-9(14-12)10(13)11(3,4)5/h7H,6H2,1-5H3/q+1. The fourth-order valence-electron chi connectivity index (χ4n) is 1.27. The molecule has 0 aromatic carbocycles. The fourth-order valence-corrected chi connectivity index (χ4v) is 1.27. The Morgan fingerprint density at radius 3 is 2.43 bits per heavy atom. The van der Waals surface area contributed by atoms with Crippen molar-refractivity contribution in [3.8, 4) is 0 Å². The second-order valence-corrected chi connectivity index (χ2v) is 4.52. The van der Waals surface area contributed by atoms with E-state index in [2.05, 4.69) is 0 Å². The van der Waals surface area contributed by atoms with Gasteiger partial charge in [0.05, 0.1) is 6.07 Å². The number of hydrogen-bond acceptors (Lipinski definition) is 2. The number of carbonyl (C=O) groups excluding carboxylic acids is 1. The van der Waals surface area contributed by atoms with Crippen molar-refractivity contribution < 1.29 is 14.1 Å². The minimum atomic E-state index is -0.379. The maximum atomic E-state index is 11.8. The second kappa shape index (κ2) is 3.56. The number of nitrogens with zero attached hydrogens (tertiary/aromatic N) is 1. The number of rotatable bonds is 2. The smallest absolute Gasteiger partial charge is 0.253 e. The van der Waals surface area contributed by atoms with Gasteiger partial charge >= 0.3 is 0 Å². The Kier molecular flexibility index (Phi) is 2.79. The average Bonchev–Trinajstić information content (AvgIpc) is 2.43. The summed E-state index contributed by atoms with van der Waals surface area (Å²) < 4.78 is 7.14. The summed E-state index contributed by atoms with van der Waals surface area (Å²) in [4.78, 5) is 11.8. The van der Waals surface area contributed by atoms with Gasteiger partial charge in [-0.3, -0.25) is 4.79 Å². The van der Waals surface area contributed by atoms with Crippen LogP contribution in [0.15, 0.2) is 10.6 Å². The molecule has 0 fully saturated rings. The third-order valence-corrected chi connectivity index (χ3v) is 2.13. The highest BCUT2D eigenvalue weighted by molar-refractivity contribution is 5.97. The highest BCUT2D eigenvalue weighted by atomic mass is 16.5. The summed E-state index contributed by atoms with van der Waals surface area (Å²) in [5, 5.41) is 0. The van der Waals surface area contributed by atoms with Gasteiger partial charge < -0.3 is 0 Å². The third-order valence-electron chi connectivity index (χ3n) is 2.13. The average molecular weight is 196 g/mol. The van der Waals surface area contributed by atoms with Crippen LogP contribution in [-0.2, 0) is 6.54 Å². The van der Waals surface area contributed by atoms with Gasteiger partial charge in [0.1, 0.15) is 0 Å². The summed E-state index contributed by atoms with van der Waals surface area (Å²) in [5.41, 5.74) is 0.607. The van der Waals surface area contributed by atoms with Crippen LogP contribution in [0.4, 0.5) is 0 Å². The van der Waals surface area contributed by atoms with E-state index < -0.39 is 0 Å². The van der Waals surface area contributed by atoms with Crippen LogP contribution in [0.5, 0.6) is 0 Å². The molecule has 3 nitrogen and oxygen atoms in total. The van der Waals surface area contributed by atoms with Crippen LogP contribution >= 0.6 is 0 Å². The van der Waals surface area contributed by atoms with E-state index in [0.29, 0.717) is 5.76 Å². The number of Topliss-reactive ketones (excluding diaryl/α,β-unsaturated/α-hetero) is 1. The highest BCUT2D eigenvalue weighted by Gasteiger charge is 2.29. The van der Waals surface area contributed by atoms with Crippen LogP contribution in [0.1, 0.15) is 43.9 Å². The number of ketones is 1. The first-order valence-corrected chi connectivity index (χ1v) is 4.92. The Morgan fingerprint density at radius 1 is 1.50 bits per heavy atom. The normalized spacial score (nSPS) is 11.8. The Labute approximate surface area is 84.7 Å². The van der Waals surface area contributed by atoms with E-state index in [1.807, 2.05) is 34.6 Å². The molecule has 1 heterocycles. The van der Waals surface area contributed by atoms with Crippen molar-refractivity contribution in [2.45, 2.75) is 41.2 Å². The molecule has 0 atom stereocenters. The van der Waals surface area contributed by atoms with E-state index in [9.17, 15) is 4.79 Å². The van der Waals surface area contributed by atoms with Crippen molar-refractivity contribution in [1.82, 2.24) is 0 Å². The predicted octanol–water partition coefficient (Wildman–Crippen LogP) is 2.12. The third kappa shape index (κ3) is 2.03. The summed E-state index contributed by atoms with van der Waals surface area (Å²) >= 11 is 0. The van der Waals surface area contributed by atoms with Crippen LogP contribution in [0.25, 0.3) is 0 Å². The van der Waals surface area contributed by atoms with Gasteiger partial charge in [0.2, 0.25) is 11.5 Å². The molecule has 0 saturated carbocycles. The van der Waals surface area contributed by atoms with E-state index in [-0.39, 0.29) is 11.2 Å². The summed E-state index contributed by atoms with van der Waals surface area (Å²) in [6.07, 6.45) is 0. The molecule has 0 radical (unpaired) electrons. The van der Waals surface area contributed by atoms with Gasteiger partial charge in [-0.2, -0.15) is 0 Å². The number of hydrogen-bond donors (Lipinski definition) is 0. The number of aryl methyl sites for hydroxylation is 2. The SMILES string of the molecule is CC[n+]1oc(C(=O)C(C)(C)C)cc1C. The predicted molar refractivity (Wildman–Crippen MR) is 53.1 cm³/mol. The van der Waals surface area contributed by atoms with Crippen molar-refractivity contribution in [2.75, 3.05) is 0 Å². The molecule has 78 valence electrons. The number of carbonyl (C=O) groups is 1. The summed E-state index contributed by atoms with van der Waals surface area (Å²) in [7, 11) is 0. The van der Waals surface area contributed by atoms with Gasteiger partial charge in [-0.1, -0.05) is 20.8 Å². The van der Waals surface area contributed by atoms with Gasteiger partial charge in [0.15, 0.2) is 6.54 Å². The van der Waals surface area contributed by atoms with Crippen molar-refractivity contribution in [3.05, 3.63) is 17.5 Å². The van der Waals surface area contributed by atoms with Gasteiger partial charge in [0, 0.05) is 12.3 Å². The Bertz CT molecular complexity index is 345. The van der Waals surface area contributed by atoms with Crippen LogP contribution < -0.4 is 4.74 Å². The zero-order chi connectivity index (χ0) is 10.9. The molecular weight excluding hydrogens is 178 g/mol. The number of aromatic nitrogens is 1. The van der Waals surface area contributed by atoms with Crippen LogP contribution in [0, 0.1) is 12.3 Å². The second-order valence-electron chi connectivity index (χ2n) is 4.52. The molecule has 0 bridgehead atoms. The molecule has 1 rings (SSSR count). The monoisotopic (exact) mass is 196 g/mol. The molecule has 0 unspecified atom stereocenters. The minimum absolute atomic E-state index is 0.0489. The van der Waals surface area contributed by atoms with Gasteiger partial charge in [-0.15, -0.1) is 0 Å². The summed E-state index contributed by atoms with van der Waals surface area (Å²) in [6, 6.07) is 1.80. The fraction of sp³-hybridized carbons (Fsp3) is 0.636. The topological polar surface area (TPSA) is 34.1 Å². The molecule has 0 saturated heterocycles. The van der Waals surface area contributed by atoms with Gasteiger partial charge in [-0.05, 0) is 11.7 Å². The Morgan fingerprint density at radius 2 is 2.07 bits per heavy atom. The van der Waals surface area contributed by atoms with Crippen LogP contribution in [0.3, 0.4) is 0 Å². The largest absolute Gasteiger partial charge is 0.290 e. The van der Waals surface area contributed by atoms with E-state index >= 15 is 0 Å². The molecule has 0 aliphatic carbocycles. The van der Waals surface area contributed by atoms with Crippen LogP contribution in [0.2, 0.25) is 0 Å².